The van der Waals surface area contributed by atoms with Crippen molar-refractivity contribution in [3.63, 3.8) is 0 Å². The summed E-state index contributed by atoms with van der Waals surface area (Å²) in [7, 11) is 0. The van der Waals surface area contributed by atoms with Gasteiger partial charge in [-0.05, 0) is 17.2 Å². The van der Waals surface area contributed by atoms with Gasteiger partial charge in [0.2, 0.25) is 0 Å². The highest BCUT2D eigenvalue weighted by Crippen LogP contribution is 2.48. The third kappa shape index (κ3) is 1.08. The number of nitrogens with zero attached hydrogens (tertiary/aromatic N) is 1. The van der Waals surface area contributed by atoms with Gasteiger partial charge in [-0.15, -0.1) is 0 Å². The number of rotatable bonds is 0. The number of nitrogen functional groups attached to an aromatic ring is 1. The van der Waals surface area contributed by atoms with Crippen molar-refractivity contribution in [2.45, 2.75) is 0 Å². The van der Waals surface area contributed by atoms with Crippen molar-refractivity contribution < 1.29 is 0 Å². The van der Waals surface area contributed by atoms with Crippen LogP contribution in [0.2, 0.25) is 0 Å². The van der Waals surface area contributed by atoms with Crippen LogP contribution in [0, 0.1) is 0 Å². The number of aromatic nitrogens is 1. The molecule has 0 aromatic rings. The lowest BCUT2D eigenvalue weighted by atomic mass is 9.83. The zero-order valence-corrected chi connectivity index (χ0v) is 8.14. The van der Waals surface area contributed by atoms with Crippen molar-refractivity contribution in [2.24, 2.45) is 0 Å². The number of hydrogen-bond acceptors (Lipinski definition) is 2. The van der Waals surface area contributed by atoms with Gasteiger partial charge in [-0.3, -0.25) is 4.98 Å². The molecular weight excluding hydrogens is 184 g/mol. The van der Waals surface area contributed by atoms with Crippen molar-refractivity contribution >= 4 is 5.69 Å². The van der Waals surface area contributed by atoms with Gasteiger partial charge in [0.15, 0.2) is 0 Å². The van der Waals surface area contributed by atoms with E-state index in [0.29, 0.717) is 0 Å². The topological polar surface area (TPSA) is 38.9 Å². The van der Waals surface area contributed by atoms with Crippen molar-refractivity contribution in [1.82, 2.24) is 4.98 Å². The fraction of sp³-hybridized carbons (Fsp3) is 0. The monoisotopic (exact) mass is 194 g/mol. The maximum atomic E-state index is 5.97. The van der Waals surface area contributed by atoms with E-state index in [1.165, 1.54) is 11.1 Å². The maximum absolute atomic E-state index is 5.97. The Labute approximate surface area is 88.1 Å². The predicted octanol–water partition coefficient (Wildman–Crippen LogP) is 2.87. The molecule has 1 heterocycles. The Bertz CT molecular complexity index is 560. The summed E-state index contributed by atoms with van der Waals surface area (Å²) in [6.45, 7) is 0. The van der Waals surface area contributed by atoms with Gasteiger partial charge >= 0.3 is 0 Å². The minimum absolute atomic E-state index is 0.793. The largest absolute Gasteiger partial charge is 0.398 e. The first-order valence-electron chi connectivity index (χ1n) is 4.88. The fourth-order valence-electron chi connectivity index (χ4n) is 1.99. The smallest absolute Gasteiger partial charge is 0.0416 e. The molecule has 3 rings (SSSR count). The Kier molecular flexibility index (Phi) is 1.62. The van der Waals surface area contributed by atoms with Crippen LogP contribution in [0.5, 0.6) is 0 Å². The van der Waals surface area contributed by atoms with E-state index in [1.54, 1.807) is 6.20 Å². The highest BCUT2D eigenvalue weighted by molar-refractivity contribution is 6.06. The second kappa shape index (κ2) is 2.95. The van der Waals surface area contributed by atoms with Crippen LogP contribution in [0.3, 0.4) is 0 Å². The first-order chi connectivity index (χ1) is 7.38. The lowest BCUT2D eigenvalue weighted by Gasteiger charge is -2.20. The lowest BCUT2D eigenvalue weighted by Crippen LogP contribution is -1.98. The van der Waals surface area contributed by atoms with Gasteiger partial charge in [0.05, 0.1) is 0 Å². The Morgan fingerprint density at radius 1 is 0.867 bits per heavy atom. The van der Waals surface area contributed by atoms with Crippen LogP contribution < -0.4 is 5.73 Å². The first kappa shape index (κ1) is 8.24. The van der Waals surface area contributed by atoms with Gasteiger partial charge in [-0.2, -0.15) is 0 Å². The Morgan fingerprint density at radius 3 is 2.53 bits per heavy atom. The summed E-state index contributed by atoms with van der Waals surface area (Å²) in [5, 5.41) is 0. The summed E-state index contributed by atoms with van der Waals surface area (Å²) < 4.78 is 0. The van der Waals surface area contributed by atoms with Crippen LogP contribution in [0.1, 0.15) is 0 Å². The molecule has 0 radical (unpaired) electrons. The fourth-order valence-corrected chi connectivity index (χ4v) is 1.99. The second-order valence-corrected chi connectivity index (χ2v) is 3.58. The Balaban J connectivity index is 2.43. The molecule has 1 aliphatic heterocycles. The second-order valence-electron chi connectivity index (χ2n) is 3.58. The summed E-state index contributed by atoms with van der Waals surface area (Å²) in [5.74, 6) is 0. The first-order valence-corrected chi connectivity index (χ1v) is 4.88. The van der Waals surface area contributed by atoms with Gasteiger partial charge in [0, 0.05) is 29.2 Å². The predicted molar refractivity (Wildman–Crippen MR) is 61.9 cm³/mol. The van der Waals surface area contributed by atoms with Crippen molar-refractivity contribution in [1.29, 1.82) is 0 Å². The van der Waals surface area contributed by atoms with E-state index in [1.807, 2.05) is 30.5 Å². The highest BCUT2D eigenvalue weighted by Gasteiger charge is 2.22. The molecule has 2 N–H and O–H groups in total. The molecule has 0 bridgehead atoms. The molecule has 15 heavy (non-hydrogen) atoms. The van der Waals surface area contributed by atoms with E-state index in [2.05, 4.69) is 17.1 Å². The Morgan fingerprint density at radius 2 is 1.67 bits per heavy atom. The molecule has 3 aliphatic rings. The van der Waals surface area contributed by atoms with Crippen molar-refractivity contribution in [3.8, 4) is 22.3 Å². The molecule has 2 aliphatic carbocycles. The molecule has 0 aromatic heterocycles. The number of anilines is 1. The third-order valence-corrected chi connectivity index (χ3v) is 2.70. The van der Waals surface area contributed by atoms with E-state index in [4.69, 9.17) is 5.73 Å². The maximum Gasteiger partial charge on any atom is 0.0416 e. The molecule has 0 saturated heterocycles. The number of hydrogen-bond donors (Lipinski definition) is 1. The quantitative estimate of drug-likeness (QED) is 0.597. The van der Waals surface area contributed by atoms with Gasteiger partial charge in [0.25, 0.3) is 0 Å². The highest BCUT2D eigenvalue weighted by atomic mass is 14.7. The summed E-state index contributed by atoms with van der Waals surface area (Å²) in [4.78, 5) is 4.16. The standard InChI is InChI=1S/C13H10N2/c14-12-6-7-15-8-11-9-4-2-1-3-5-10(9)13(11)12/h1-8H,14H2. The SMILES string of the molecule is Nc1ccncc2c3cccccc-3c1-2. The summed E-state index contributed by atoms with van der Waals surface area (Å²) >= 11 is 0. The van der Waals surface area contributed by atoms with Crippen LogP contribution in [0.25, 0.3) is 22.3 Å². The molecule has 2 heteroatoms. The molecule has 0 spiro atoms. The van der Waals surface area contributed by atoms with Gasteiger partial charge in [0.1, 0.15) is 0 Å². The van der Waals surface area contributed by atoms with E-state index >= 15 is 0 Å². The molecule has 0 amide bonds. The molecule has 0 atom stereocenters. The van der Waals surface area contributed by atoms with Crippen LogP contribution >= 0.6 is 0 Å². The lowest BCUT2D eigenvalue weighted by molar-refractivity contribution is 1.36. The molecule has 0 aromatic carbocycles. The summed E-state index contributed by atoms with van der Waals surface area (Å²) in [5.41, 5.74) is 11.5. The molecule has 72 valence electrons. The van der Waals surface area contributed by atoms with Crippen molar-refractivity contribution in [2.75, 3.05) is 5.73 Å². The molecule has 0 unspecified atom stereocenters. The van der Waals surface area contributed by atoms with Crippen LogP contribution in [0.15, 0.2) is 48.8 Å². The summed E-state index contributed by atoms with van der Waals surface area (Å²) in [6.07, 6.45) is 3.60. The van der Waals surface area contributed by atoms with E-state index in [0.717, 1.165) is 16.8 Å². The van der Waals surface area contributed by atoms with Crippen LogP contribution in [0.4, 0.5) is 5.69 Å². The zero-order chi connectivity index (χ0) is 10.3. The van der Waals surface area contributed by atoms with Crippen molar-refractivity contribution in [3.05, 3.63) is 48.8 Å². The normalized spacial score (nSPS) is 10.9. The zero-order valence-electron chi connectivity index (χ0n) is 8.14. The molecular formula is C13H10N2. The molecule has 2 nitrogen and oxygen atoms in total. The van der Waals surface area contributed by atoms with Crippen LogP contribution in [-0.2, 0) is 0 Å². The van der Waals surface area contributed by atoms with Gasteiger partial charge in [-0.25, -0.2) is 0 Å². The van der Waals surface area contributed by atoms with E-state index in [-0.39, 0.29) is 0 Å². The van der Waals surface area contributed by atoms with Gasteiger partial charge < -0.3 is 5.73 Å². The van der Waals surface area contributed by atoms with Gasteiger partial charge in [-0.1, -0.05) is 30.3 Å². The van der Waals surface area contributed by atoms with E-state index in [9.17, 15) is 0 Å². The molecule has 0 saturated carbocycles. The number of nitrogens with two attached hydrogens (primary N) is 1. The van der Waals surface area contributed by atoms with E-state index < -0.39 is 0 Å². The summed E-state index contributed by atoms with van der Waals surface area (Å²) in [6, 6.07) is 12.1. The Hall–Kier alpha value is -2.09. The van der Waals surface area contributed by atoms with Crippen LogP contribution in [-0.4, -0.2) is 4.98 Å². The minimum Gasteiger partial charge on any atom is -0.398 e. The average Bonchev–Trinajstić information content (AvgIpc) is 2.49. The minimum atomic E-state index is 0.793. The average molecular weight is 194 g/mol. The number of fused-ring (bicyclic) bond motifs is 4. The third-order valence-electron chi connectivity index (χ3n) is 2.70. The molecule has 0 fully saturated rings.